The monoisotopic (exact) mass is 314 g/mol. The average molecular weight is 314 g/mol. The van der Waals surface area contributed by atoms with Gasteiger partial charge in [0.15, 0.2) is 0 Å². The van der Waals surface area contributed by atoms with Crippen molar-refractivity contribution in [2.45, 2.75) is 40.3 Å². The fourth-order valence-corrected chi connectivity index (χ4v) is 1.60. The number of allylic oxidation sites excluding steroid dienone is 2. The smallest absolute Gasteiger partial charge is 0.129 e. The average Bonchev–Trinajstić information content (AvgIpc) is 2.60. The molecule has 0 saturated heterocycles. The summed E-state index contributed by atoms with van der Waals surface area (Å²) in [5, 5.41) is 0. The Balaban J connectivity index is 0. The van der Waals surface area contributed by atoms with Gasteiger partial charge in [-0.1, -0.05) is 86.7 Å². The summed E-state index contributed by atoms with van der Waals surface area (Å²) in [6.07, 6.45) is 3.04. The highest BCUT2D eigenvalue weighted by atomic mass is 19.1. The number of benzene rings is 2. The minimum absolute atomic E-state index is 0.449. The summed E-state index contributed by atoms with van der Waals surface area (Å²) in [5.74, 6) is 0. The molecule has 2 aromatic rings. The van der Waals surface area contributed by atoms with Crippen LogP contribution in [0.25, 0.3) is 0 Å². The van der Waals surface area contributed by atoms with Gasteiger partial charge in [-0.25, -0.2) is 4.39 Å². The first-order chi connectivity index (χ1) is 11.2. The second kappa shape index (κ2) is 17.9. The summed E-state index contributed by atoms with van der Waals surface area (Å²) in [4.78, 5) is 0. The first-order valence-electron chi connectivity index (χ1n) is 8.06. The molecule has 2 aromatic carbocycles. The number of rotatable bonds is 3. The molecular formula is C22H31F. The summed E-state index contributed by atoms with van der Waals surface area (Å²) in [6.45, 7) is 14.5. The van der Waals surface area contributed by atoms with Crippen LogP contribution in [-0.2, 0) is 6.42 Å². The molecule has 1 heteroatoms. The fraction of sp³-hybridized carbons (Fsp3) is 0.273. The Kier molecular flexibility index (Phi) is 18.0. The Morgan fingerprint density at radius 3 is 1.57 bits per heavy atom. The van der Waals surface area contributed by atoms with Crippen molar-refractivity contribution in [3.63, 3.8) is 0 Å². The van der Waals surface area contributed by atoms with Crippen LogP contribution in [0.5, 0.6) is 0 Å². The van der Waals surface area contributed by atoms with Crippen LogP contribution in [0.3, 0.4) is 0 Å². The van der Waals surface area contributed by atoms with E-state index in [1.807, 2.05) is 88.4 Å². The summed E-state index contributed by atoms with van der Waals surface area (Å²) < 4.78 is 13.8. The maximum absolute atomic E-state index is 13.8. The third-order valence-corrected chi connectivity index (χ3v) is 2.42. The van der Waals surface area contributed by atoms with E-state index in [9.17, 15) is 4.39 Å². The molecule has 2 rings (SSSR count). The molecule has 0 aromatic heterocycles. The highest BCUT2D eigenvalue weighted by Gasteiger charge is 2.09. The van der Waals surface area contributed by atoms with Gasteiger partial charge >= 0.3 is 0 Å². The van der Waals surface area contributed by atoms with Crippen LogP contribution >= 0.6 is 0 Å². The Bertz CT molecular complexity index is 468. The van der Waals surface area contributed by atoms with Crippen LogP contribution in [0, 0.1) is 0 Å². The zero-order chi connectivity index (χ0) is 17.9. The third kappa shape index (κ3) is 13.2. The number of hydrogen-bond acceptors (Lipinski definition) is 0. The van der Waals surface area contributed by atoms with Crippen molar-refractivity contribution in [3.8, 4) is 0 Å². The van der Waals surface area contributed by atoms with E-state index in [2.05, 4.69) is 13.2 Å². The topological polar surface area (TPSA) is 0 Å². The van der Waals surface area contributed by atoms with Gasteiger partial charge in [-0.15, -0.1) is 13.2 Å². The molecule has 0 nitrogen and oxygen atoms in total. The van der Waals surface area contributed by atoms with Crippen molar-refractivity contribution in [2.75, 3.05) is 0 Å². The molecule has 0 aliphatic rings. The van der Waals surface area contributed by atoms with E-state index in [0.29, 0.717) is 6.42 Å². The van der Waals surface area contributed by atoms with Gasteiger partial charge in [0, 0.05) is 6.42 Å². The fourth-order valence-electron chi connectivity index (χ4n) is 1.60. The van der Waals surface area contributed by atoms with Gasteiger partial charge in [-0.05, 0) is 25.0 Å². The maximum Gasteiger partial charge on any atom is 0.129 e. The lowest BCUT2D eigenvalue weighted by atomic mass is 10.0. The van der Waals surface area contributed by atoms with Crippen LogP contribution in [0.2, 0.25) is 0 Å². The molecule has 126 valence electrons. The van der Waals surface area contributed by atoms with Crippen molar-refractivity contribution in [2.24, 2.45) is 0 Å². The molecule has 0 aliphatic heterocycles. The second-order valence-corrected chi connectivity index (χ2v) is 4.38. The van der Waals surface area contributed by atoms with Crippen molar-refractivity contribution in [1.82, 2.24) is 0 Å². The molecule has 0 saturated carbocycles. The Hall–Kier alpha value is -2.15. The quantitative estimate of drug-likeness (QED) is 0.519. The van der Waals surface area contributed by atoms with E-state index in [1.54, 1.807) is 12.2 Å². The van der Waals surface area contributed by atoms with Gasteiger partial charge in [0.05, 0.1) is 0 Å². The Labute approximate surface area is 142 Å². The van der Waals surface area contributed by atoms with Crippen molar-refractivity contribution >= 4 is 0 Å². The lowest BCUT2D eigenvalue weighted by Gasteiger charge is -2.08. The van der Waals surface area contributed by atoms with E-state index in [0.717, 1.165) is 11.1 Å². The largest absolute Gasteiger partial charge is 0.242 e. The summed E-state index contributed by atoms with van der Waals surface area (Å²) in [6, 6.07) is 19.0. The molecule has 0 spiro atoms. The SMILES string of the molecule is C=CC.C=CC.CC.FC(Cc1ccccc1)c1ccccc1. The normalized spacial score (nSPS) is 9.43. The van der Waals surface area contributed by atoms with Gasteiger partial charge < -0.3 is 0 Å². The van der Waals surface area contributed by atoms with Gasteiger partial charge in [0.1, 0.15) is 6.17 Å². The molecule has 0 N–H and O–H groups in total. The molecule has 0 fully saturated rings. The molecule has 0 aliphatic carbocycles. The third-order valence-electron chi connectivity index (χ3n) is 2.42. The Morgan fingerprint density at radius 2 is 1.17 bits per heavy atom. The van der Waals surface area contributed by atoms with Crippen LogP contribution in [0.15, 0.2) is 86.0 Å². The van der Waals surface area contributed by atoms with Crippen LogP contribution in [0.4, 0.5) is 4.39 Å². The van der Waals surface area contributed by atoms with Crippen molar-refractivity contribution < 1.29 is 4.39 Å². The van der Waals surface area contributed by atoms with E-state index in [1.165, 1.54) is 0 Å². The minimum Gasteiger partial charge on any atom is -0.242 e. The molecule has 1 atom stereocenters. The molecule has 1 unspecified atom stereocenters. The van der Waals surface area contributed by atoms with Gasteiger partial charge in [-0.2, -0.15) is 0 Å². The zero-order valence-electron chi connectivity index (χ0n) is 15.0. The predicted octanol–water partition coefficient (Wildman–Crippen LogP) is 7.35. The molecule has 0 amide bonds. The van der Waals surface area contributed by atoms with Crippen LogP contribution < -0.4 is 0 Å². The Morgan fingerprint density at radius 1 is 0.826 bits per heavy atom. The lowest BCUT2D eigenvalue weighted by Crippen LogP contribution is -1.96. The standard InChI is InChI=1S/C14H13F.2C3H6.C2H6/c15-14(13-9-5-2-6-10-13)11-12-7-3-1-4-8-12;2*1-3-2;1-2/h1-10,14H,11H2;2*3H,1H2,2H3;1-2H3. The van der Waals surface area contributed by atoms with Gasteiger partial charge in [0.25, 0.3) is 0 Å². The first kappa shape index (κ1) is 23.1. The molecular weight excluding hydrogens is 283 g/mol. The van der Waals surface area contributed by atoms with Gasteiger partial charge in [0.2, 0.25) is 0 Å². The number of halogens is 1. The van der Waals surface area contributed by atoms with Crippen LogP contribution in [-0.4, -0.2) is 0 Å². The van der Waals surface area contributed by atoms with Crippen LogP contribution in [0.1, 0.15) is 45.0 Å². The molecule has 0 bridgehead atoms. The van der Waals surface area contributed by atoms with E-state index >= 15 is 0 Å². The predicted molar refractivity (Wildman–Crippen MR) is 104 cm³/mol. The highest BCUT2D eigenvalue weighted by molar-refractivity contribution is 5.22. The summed E-state index contributed by atoms with van der Waals surface area (Å²) in [7, 11) is 0. The minimum atomic E-state index is -0.909. The number of hydrogen-bond donors (Lipinski definition) is 0. The zero-order valence-corrected chi connectivity index (χ0v) is 15.0. The van der Waals surface area contributed by atoms with E-state index < -0.39 is 6.17 Å². The first-order valence-corrected chi connectivity index (χ1v) is 8.06. The van der Waals surface area contributed by atoms with Crippen molar-refractivity contribution in [3.05, 3.63) is 97.1 Å². The van der Waals surface area contributed by atoms with Gasteiger partial charge in [-0.3, -0.25) is 0 Å². The lowest BCUT2D eigenvalue weighted by molar-refractivity contribution is 0.342. The van der Waals surface area contributed by atoms with Crippen molar-refractivity contribution in [1.29, 1.82) is 0 Å². The number of alkyl halides is 1. The van der Waals surface area contributed by atoms with E-state index in [-0.39, 0.29) is 0 Å². The molecule has 23 heavy (non-hydrogen) atoms. The summed E-state index contributed by atoms with van der Waals surface area (Å²) in [5.41, 5.74) is 1.79. The highest BCUT2D eigenvalue weighted by Crippen LogP contribution is 2.21. The van der Waals surface area contributed by atoms with E-state index in [4.69, 9.17) is 0 Å². The maximum atomic E-state index is 13.8. The second-order valence-electron chi connectivity index (χ2n) is 4.38. The molecule has 0 radical (unpaired) electrons. The molecule has 0 heterocycles. The summed E-state index contributed by atoms with van der Waals surface area (Å²) >= 11 is 0.